The second-order valence-corrected chi connectivity index (χ2v) is 9.59. The molecule has 1 aromatic heterocycles. The molecule has 0 radical (unpaired) electrons. The van der Waals surface area contributed by atoms with Crippen molar-refractivity contribution < 1.29 is 14.3 Å². The minimum Gasteiger partial charge on any atom is -0.444 e. The van der Waals surface area contributed by atoms with E-state index < -0.39 is 5.60 Å². The smallest absolute Gasteiger partial charge is 0.410 e. The van der Waals surface area contributed by atoms with Crippen molar-refractivity contribution in [1.29, 1.82) is 0 Å². The van der Waals surface area contributed by atoms with Crippen LogP contribution in [-0.2, 0) is 4.74 Å². The van der Waals surface area contributed by atoms with Gasteiger partial charge in [-0.25, -0.2) is 9.48 Å². The number of carbonyl (C=O) groups excluding carboxylic acids is 2. The third-order valence-electron chi connectivity index (χ3n) is 5.34. The molecule has 1 aromatic carbocycles. The van der Waals surface area contributed by atoms with Gasteiger partial charge in [0.1, 0.15) is 5.60 Å². The maximum absolute atomic E-state index is 13.2. The second kappa shape index (κ2) is 9.30. The molecule has 2 aromatic rings. The molecule has 1 aliphatic heterocycles. The van der Waals surface area contributed by atoms with Crippen LogP contribution in [0.4, 0.5) is 4.79 Å². The molecule has 1 fully saturated rings. The predicted molar refractivity (Wildman–Crippen MR) is 121 cm³/mol. The van der Waals surface area contributed by atoms with E-state index in [1.54, 1.807) is 28.9 Å². The summed E-state index contributed by atoms with van der Waals surface area (Å²) in [6, 6.07) is 7.39. The Labute approximate surface area is 188 Å². The fourth-order valence-electron chi connectivity index (χ4n) is 3.86. The van der Waals surface area contributed by atoms with Crippen LogP contribution >= 0.6 is 11.6 Å². The first-order chi connectivity index (χ1) is 14.5. The molecule has 1 aliphatic rings. The van der Waals surface area contributed by atoms with Crippen LogP contribution in [0.5, 0.6) is 0 Å². The number of amides is 2. The Morgan fingerprint density at radius 3 is 2.74 bits per heavy atom. The van der Waals surface area contributed by atoms with Gasteiger partial charge in [0.2, 0.25) is 0 Å². The predicted octanol–water partition coefficient (Wildman–Crippen LogP) is 4.55. The zero-order valence-corrected chi connectivity index (χ0v) is 19.6. The van der Waals surface area contributed by atoms with E-state index in [-0.39, 0.29) is 17.9 Å². The summed E-state index contributed by atoms with van der Waals surface area (Å²) in [5.74, 6) is 0.175. The Balaban J connectivity index is 1.67. The van der Waals surface area contributed by atoms with Crippen molar-refractivity contribution in [2.75, 3.05) is 26.7 Å². The highest BCUT2D eigenvalue weighted by atomic mass is 35.5. The SMILES string of the molecule is Cc1c(C(=O)N2CCCC(CN(C)C(=O)OC(C)(C)C)C2)cnn1-c1cccc(Cl)c1. The van der Waals surface area contributed by atoms with E-state index in [9.17, 15) is 9.59 Å². The van der Waals surface area contributed by atoms with Crippen LogP contribution < -0.4 is 0 Å². The van der Waals surface area contributed by atoms with Gasteiger partial charge >= 0.3 is 6.09 Å². The summed E-state index contributed by atoms with van der Waals surface area (Å²) >= 11 is 6.10. The molecule has 2 amide bonds. The van der Waals surface area contributed by atoms with Crippen molar-refractivity contribution in [3.05, 3.63) is 46.7 Å². The average Bonchev–Trinajstić information content (AvgIpc) is 3.07. The van der Waals surface area contributed by atoms with Gasteiger partial charge in [0.25, 0.3) is 5.91 Å². The maximum Gasteiger partial charge on any atom is 0.410 e. The van der Waals surface area contributed by atoms with E-state index in [0.29, 0.717) is 30.2 Å². The first kappa shape index (κ1) is 23.1. The summed E-state index contributed by atoms with van der Waals surface area (Å²) < 4.78 is 7.17. The summed E-state index contributed by atoms with van der Waals surface area (Å²) in [5, 5.41) is 5.03. The lowest BCUT2D eigenvalue weighted by molar-refractivity contribution is 0.0244. The Morgan fingerprint density at radius 2 is 2.06 bits per heavy atom. The minimum absolute atomic E-state index is 0.0320. The lowest BCUT2D eigenvalue weighted by Crippen LogP contribution is -2.45. The molecule has 0 spiro atoms. The largest absolute Gasteiger partial charge is 0.444 e. The van der Waals surface area contributed by atoms with E-state index in [1.807, 2.05) is 50.8 Å². The number of carbonyl (C=O) groups is 2. The maximum atomic E-state index is 13.2. The summed E-state index contributed by atoms with van der Waals surface area (Å²) in [5.41, 5.74) is 1.65. The Kier molecular flexibility index (Phi) is 6.94. The molecule has 2 heterocycles. The van der Waals surface area contributed by atoms with Crippen molar-refractivity contribution >= 4 is 23.6 Å². The van der Waals surface area contributed by atoms with Crippen molar-refractivity contribution in [3.8, 4) is 5.69 Å². The van der Waals surface area contributed by atoms with E-state index in [2.05, 4.69) is 5.10 Å². The molecule has 1 saturated heterocycles. The number of piperidine rings is 1. The van der Waals surface area contributed by atoms with Crippen LogP contribution in [0.25, 0.3) is 5.69 Å². The summed E-state index contributed by atoms with van der Waals surface area (Å²) in [6.07, 6.45) is 3.15. The van der Waals surface area contributed by atoms with Gasteiger partial charge < -0.3 is 14.5 Å². The fraction of sp³-hybridized carbons (Fsp3) is 0.522. The van der Waals surface area contributed by atoms with E-state index in [1.165, 1.54) is 0 Å². The number of benzene rings is 1. The zero-order chi connectivity index (χ0) is 22.8. The molecule has 31 heavy (non-hydrogen) atoms. The quantitative estimate of drug-likeness (QED) is 0.690. The van der Waals surface area contributed by atoms with E-state index in [4.69, 9.17) is 16.3 Å². The first-order valence-electron chi connectivity index (χ1n) is 10.6. The molecule has 0 N–H and O–H groups in total. The van der Waals surface area contributed by atoms with Gasteiger partial charge in [0.05, 0.1) is 23.1 Å². The number of hydrogen-bond donors (Lipinski definition) is 0. The minimum atomic E-state index is -0.527. The van der Waals surface area contributed by atoms with Gasteiger partial charge in [-0.1, -0.05) is 17.7 Å². The molecule has 1 unspecified atom stereocenters. The van der Waals surface area contributed by atoms with Gasteiger partial charge in [-0.3, -0.25) is 4.79 Å². The molecular formula is C23H31ClN4O3. The van der Waals surface area contributed by atoms with Gasteiger partial charge in [-0.15, -0.1) is 0 Å². The van der Waals surface area contributed by atoms with E-state index in [0.717, 1.165) is 24.2 Å². The molecule has 168 valence electrons. The van der Waals surface area contributed by atoms with Crippen molar-refractivity contribution in [2.45, 2.75) is 46.1 Å². The topological polar surface area (TPSA) is 67.7 Å². The highest BCUT2D eigenvalue weighted by Crippen LogP contribution is 2.23. The van der Waals surface area contributed by atoms with Crippen LogP contribution in [0.15, 0.2) is 30.5 Å². The highest BCUT2D eigenvalue weighted by Gasteiger charge is 2.29. The van der Waals surface area contributed by atoms with Gasteiger partial charge in [-0.2, -0.15) is 5.10 Å². The lowest BCUT2D eigenvalue weighted by Gasteiger charge is -2.35. The summed E-state index contributed by atoms with van der Waals surface area (Å²) in [7, 11) is 1.74. The zero-order valence-electron chi connectivity index (χ0n) is 18.9. The molecule has 1 atom stereocenters. The Bertz CT molecular complexity index is 951. The standard InChI is InChI=1S/C23H31ClN4O3/c1-16-20(13-25-28(16)19-10-6-9-18(24)12-19)21(29)27-11-7-8-17(15-27)14-26(5)22(30)31-23(2,3)4/h6,9-10,12-13,17H,7-8,11,14-15H2,1-5H3. The third-order valence-corrected chi connectivity index (χ3v) is 5.57. The summed E-state index contributed by atoms with van der Waals surface area (Å²) in [6.45, 7) is 9.31. The second-order valence-electron chi connectivity index (χ2n) is 9.16. The number of aromatic nitrogens is 2. The number of nitrogens with zero attached hydrogens (tertiary/aromatic N) is 4. The van der Waals surface area contributed by atoms with Crippen molar-refractivity contribution in [3.63, 3.8) is 0 Å². The van der Waals surface area contributed by atoms with Crippen LogP contribution in [0.2, 0.25) is 5.02 Å². The molecule has 3 rings (SSSR count). The van der Waals surface area contributed by atoms with Crippen molar-refractivity contribution in [2.24, 2.45) is 5.92 Å². The molecule has 8 heteroatoms. The monoisotopic (exact) mass is 446 g/mol. The van der Waals surface area contributed by atoms with Gasteiger partial charge in [-0.05, 0) is 64.7 Å². The molecular weight excluding hydrogens is 416 g/mol. The van der Waals surface area contributed by atoms with E-state index >= 15 is 0 Å². The molecule has 0 bridgehead atoms. The number of rotatable bonds is 4. The molecule has 0 saturated carbocycles. The first-order valence-corrected chi connectivity index (χ1v) is 11.0. The molecule has 7 nitrogen and oxygen atoms in total. The summed E-state index contributed by atoms with van der Waals surface area (Å²) in [4.78, 5) is 29.0. The Morgan fingerprint density at radius 1 is 1.32 bits per heavy atom. The number of likely N-dealkylation sites (tertiary alicyclic amines) is 1. The fourth-order valence-corrected chi connectivity index (χ4v) is 4.04. The number of ether oxygens (including phenoxy) is 1. The van der Waals surface area contributed by atoms with Crippen LogP contribution in [-0.4, -0.2) is 63.9 Å². The van der Waals surface area contributed by atoms with Gasteiger partial charge in [0.15, 0.2) is 0 Å². The number of halogens is 1. The number of hydrogen-bond acceptors (Lipinski definition) is 4. The van der Waals surface area contributed by atoms with Crippen molar-refractivity contribution in [1.82, 2.24) is 19.6 Å². The van der Waals surface area contributed by atoms with Crippen LogP contribution in [0.1, 0.15) is 49.7 Å². The normalized spacial score (nSPS) is 16.8. The third kappa shape index (κ3) is 5.79. The highest BCUT2D eigenvalue weighted by molar-refractivity contribution is 6.30. The van der Waals surface area contributed by atoms with Crippen LogP contribution in [0.3, 0.4) is 0 Å². The average molecular weight is 447 g/mol. The molecule has 0 aliphatic carbocycles. The van der Waals surface area contributed by atoms with Crippen LogP contribution in [0, 0.1) is 12.8 Å². The Hall–Kier alpha value is -2.54. The van der Waals surface area contributed by atoms with Gasteiger partial charge in [0, 0.05) is 31.7 Å². The lowest BCUT2D eigenvalue weighted by atomic mass is 9.97.